The Bertz CT molecular complexity index is 925. The van der Waals surface area contributed by atoms with Gasteiger partial charge in [0, 0.05) is 31.2 Å². The topological polar surface area (TPSA) is 70.7 Å². The minimum absolute atomic E-state index is 0.0109. The lowest BCUT2D eigenvalue weighted by Gasteiger charge is -2.32. The van der Waals surface area contributed by atoms with Gasteiger partial charge in [-0.2, -0.15) is 0 Å². The quantitative estimate of drug-likeness (QED) is 0.686. The van der Waals surface area contributed by atoms with Gasteiger partial charge in [-0.3, -0.25) is 9.59 Å². The summed E-state index contributed by atoms with van der Waals surface area (Å²) in [6.45, 7) is 1.20. The monoisotopic (exact) mass is 435 g/mol. The van der Waals surface area contributed by atoms with E-state index in [0.717, 1.165) is 49.1 Å². The number of benzene rings is 2. The van der Waals surface area contributed by atoms with Crippen LogP contribution in [0.25, 0.3) is 0 Å². The smallest absolute Gasteiger partial charge is 0.245 e. The van der Waals surface area contributed by atoms with E-state index in [1.165, 1.54) is 0 Å². The van der Waals surface area contributed by atoms with Crippen LogP contribution in [0.1, 0.15) is 50.5 Å². The van der Waals surface area contributed by atoms with Crippen LogP contribution in [0.15, 0.2) is 54.6 Å². The van der Waals surface area contributed by atoms with Crippen LogP contribution in [0.2, 0.25) is 0 Å². The van der Waals surface area contributed by atoms with E-state index in [0.29, 0.717) is 25.9 Å². The number of ether oxygens (including phenoxy) is 1. The highest BCUT2D eigenvalue weighted by Crippen LogP contribution is 2.34. The second-order valence-electron chi connectivity index (χ2n) is 8.94. The van der Waals surface area contributed by atoms with Crippen molar-refractivity contribution in [2.75, 3.05) is 19.0 Å². The molecule has 4 rings (SSSR count). The minimum atomic E-state index is -0.558. The zero-order valence-corrected chi connectivity index (χ0v) is 18.8. The van der Waals surface area contributed by atoms with Gasteiger partial charge in [-0.25, -0.2) is 0 Å². The third-order valence-electron chi connectivity index (χ3n) is 6.70. The lowest BCUT2D eigenvalue weighted by molar-refractivity contribution is -0.131. The third kappa shape index (κ3) is 5.23. The maximum absolute atomic E-state index is 13.4. The van der Waals surface area contributed by atoms with Crippen molar-refractivity contribution in [3.05, 3.63) is 60.2 Å². The highest BCUT2D eigenvalue weighted by molar-refractivity contribution is 5.90. The Hall–Kier alpha value is -3.02. The van der Waals surface area contributed by atoms with Gasteiger partial charge in [0.25, 0.3) is 0 Å². The summed E-state index contributed by atoms with van der Waals surface area (Å²) in [5.74, 6) is 1.00. The zero-order chi connectivity index (χ0) is 22.4. The Labute approximate surface area is 190 Å². The van der Waals surface area contributed by atoms with Gasteiger partial charge >= 0.3 is 0 Å². The van der Waals surface area contributed by atoms with Gasteiger partial charge in [-0.05, 0) is 55.5 Å². The fourth-order valence-electron chi connectivity index (χ4n) is 4.85. The molecule has 0 spiro atoms. The molecule has 6 heteroatoms. The second-order valence-corrected chi connectivity index (χ2v) is 8.94. The molecule has 170 valence electrons. The average Bonchev–Trinajstić information content (AvgIpc) is 3.23. The number of amides is 2. The van der Waals surface area contributed by atoms with Crippen molar-refractivity contribution in [2.45, 2.75) is 63.1 Å². The molecule has 1 aliphatic carbocycles. The first kappa shape index (κ1) is 22.2. The molecule has 1 atom stereocenters. The molecule has 6 nitrogen and oxygen atoms in total. The number of carbonyl (C=O) groups excluding carboxylic acids is 2. The number of hydrogen-bond acceptors (Lipinski definition) is 4. The van der Waals surface area contributed by atoms with Crippen LogP contribution in [-0.4, -0.2) is 41.9 Å². The van der Waals surface area contributed by atoms with E-state index in [1.807, 2.05) is 59.5 Å². The summed E-state index contributed by atoms with van der Waals surface area (Å²) >= 11 is 0. The molecule has 0 radical (unpaired) electrons. The van der Waals surface area contributed by atoms with E-state index in [1.54, 1.807) is 7.11 Å². The van der Waals surface area contributed by atoms with Crippen LogP contribution in [0, 0.1) is 0 Å². The molecule has 1 saturated carbocycles. The summed E-state index contributed by atoms with van der Waals surface area (Å²) in [6.07, 6.45) is 5.66. The number of para-hydroxylation sites is 1. The van der Waals surface area contributed by atoms with Crippen molar-refractivity contribution in [3.8, 4) is 5.75 Å². The molecule has 0 bridgehead atoms. The minimum Gasteiger partial charge on any atom is -0.497 e. The van der Waals surface area contributed by atoms with E-state index in [9.17, 15) is 9.59 Å². The predicted octanol–water partition coefficient (Wildman–Crippen LogP) is 4.12. The standard InChI is InChI=1S/C26H33N3O3/c1-32-23-11-7-8-20(18-23)19-29-17-14-21(12-13-24(29)30)27-25(31)26(15-5-6-16-26)28-22-9-3-2-4-10-22/h2-4,7-11,18,21,28H,5-6,12-17,19H2,1H3,(H,27,31). The summed E-state index contributed by atoms with van der Waals surface area (Å²) in [4.78, 5) is 28.0. The molecule has 2 fully saturated rings. The van der Waals surface area contributed by atoms with Crippen molar-refractivity contribution in [2.24, 2.45) is 0 Å². The molecule has 1 aliphatic heterocycles. The van der Waals surface area contributed by atoms with Crippen molar-refractivity contribution < 1.29 is 14.3 Å². The average molecular weight is 436 g/mol. The molecule has 1 saturated heterocycles. The fraction of sp³-hybridized carbons (Fsp3) is 0.462. The molecule has 1 unspecified atom stereocenters. The van der Waals surface area contributed by atoms with Gasteiger partial charge in [-0.15, -0.1) is 0 Å². The van der Waals surface area contributed by atoms with Crippen LogP contribution in [0.3, 0.4) is 0 Å². The first-order chi connectivity index (χ1) is 15.6. The molecule has 32 heavy (non-hydrogen) atoms. The zero-order valence-electron chi connectivity index (χ0n) is 18.8. The van der Waals surface area contributed by atoms with Gasteiger partial charge in [-0.1, -0.05) is 43.2 Å². The van der Waals surface area contributed by atoms with Crippen molar-refractivity contribution >= 4 is 17.5 Å². The Morgan fingerprint density at radius 2 is 1.88 bits per heavy atom. The number of likely N-dealkylation sites (tertiary alicyclic amines) is 1. The Kier molecular flexibility index (Phi) is 6.98. The third-order valence-corrected chi connectivity index (χ3v) is 6.70. The first-order valence-electron chi connectivity index (χ1n) is 11.6. The molecular weight excluding hydrogens is 402 g/mol. The number of anilines is 1. The number of methoxy groups -OCH3 is 1. The maximum Gasteiger partial charge on any atom is 0.245 e. The van der Waals surface area contributed by atoms with E-state index < -0.39 is 5.54 Å². The fourth-order valence-corrected chi connectivity index (χ4v) is 4.85. The number of hydrogen-bond donors (Lipinski definition) is 2. The maximum atomic E-state index is 13.4. The van der Waals surface area contributed by atoms with Gasteiger partial charge in [0.2, 0.25) is 11.8 Å². The Balaban J connectivity index is 1.38. The van der Waals surface area contributed by atoms with Crippen LogP contribution < -0.4 is 15.4 Å². The molecule has 2 N–H and O–H groups in total. The molecule has 1 heterocycles. The van der Waals surface area contributed by atoms with E-state index in [2.05, 4.69) is 10.6 Å². The van der Waals surface area contributed by atoms with Gasteiger partial charge in [0.05, 0.1) is 7.11 Å². The normalized spacial score (nSPS) is 20.5. The summed E-state index contributed by atoms with van der Waals surface area (Å²) in [5.41, 5.74) is 1.47. The molecule has 2 amide bonds. The predicted molar refractivity (Wildman–Crippen MR) is 125 cm³/mol. The van der Waals surface area contributed by atoms with Crippen LogP contribution in [0.4, 0.5) is 5.69 Å². The molecular formula is C26H33N3O3. The molecule has 2 aromatic carbocycles. The number of nitrogens with one attached hydrogen (secondary N) is 2. The molecule has 0 aromatic heterocycles. The molecule has 2 aromatic rings. The highest BCUT2D eigenvalue weighted by atomic mass is 16.5. The lowest BCUT2D eigenvalue weighted by Crippen LogP contribution is -2.53. The summed E-state index contributed by atoms with van der Waals surface area (Å²) in [7, 11) is 1.65. The number of rotatable bonds is 7. The van der Waals surface area contributed by atoms with Crippen LogP contribution in [-0.2, 0) is 16.1 Å². The van der Waals surface area contributed by atoms with E-state index in [-0.39, 0.29) is 17.9 Å². The van der Waals surface area contributed by atoms with E-state index in [4.69, 9.17) is 4.74 Å². The Morgan fingerprint density at radius 1 is 1.09 bits per heavy atom. The second kappa shape index (κ2) is 10.1. The van der Waals surface area contributed by atoms with Crippen molar-refractivity contribution in [3.63, 3.8) is 0 Å². The SMILES string of the molecule is COc1cccc(CN2CCC(NC(=O)C3(Nc4ccccc4)CCCC3)CCC2=O)c1. The number of nitrogens with zero attached hydrogens (tertiary/aromatic N) is 1. The lowest BCUT2D eigenvalue weighted by atomic mass is 9.94. The van der Waals surface area contributed by atoms with Gasteiger partial charge in [0.15, 0.2) is 0 Å². The summed E-state index contributed by atoms with van der Waals surface area (Å²) in [6, 6.07) is 17.8. The van der Waals surface area contributed by atoms with Gasteiger partial charge < -0.3 is 20.3 Å². The van der Waals surface area contributed by atoms with Crippen molar-refractivity contribution in [1.82, 2.24) is 10.2 Å². The first-order valence-corrected chi connectivity index (χ1v) is 11.6. The van der Waals surface area contributed by atoms with Crippen molar-refractivity contribution in [1.29, 1.82) is 0 Å². The summed E-state index contributed by atoms with van der Waals surface area (Å²) in [5, 5.41) is 6.80. The largest absolute Gasteiger partial charge is 0.497 e. The number of carbonyl (C=O) groups is 2. The van der Waals surface area contributed by atoms with E-state index >= 15 is 0 Å². The van der Waals surface area contributed by atoms with Gasteiger partial charge in [0.1, 0.15) is 11.3 Å². The van der Waals surface area contributed by atoms with Crippen LogP contribution in [0.5, 0.6) is 5.75 Å². The summed E-state index contributed by atoms with van der Waals surface area (Å²) < 4.78 is 5.30. The van der Waals surface area contributed by atoms with Crippen LogP contribution >= 0.6 is 0 Å². The Morgan fingerprint density at radius 3 is 2.62 bits per heavy atom. The molecule has 2 aliphatic rings. The highest BCUT2D eigenvalue weighted by Gasteiger charge is 2.42.